The van der Waals surface area contributed by atoms with E-state index in [0.717, 1.165) is 15.4 Å². The standard InChI is InChI=1S/C16H17Br2N/c1-3-11-4-6-12(7-5-11)16(19-2)14-9-8-13(17)10-15(14)18/h4-10,16,19H,3H2,1-2H3. The summed E-state index contributed by atoms with van der Waals surface area (Å²) in [5.74, 6) is 0. The Bertz CT molecular complexity index is 549. The lowest BCUT2D eigenvalue weighted by Gasteiger charge is -2.19. The molecule has 0 bridgehead atoms. The number of benzene rings is 2. The highest BCUT2D eigenvalue weighted by Crippen LogP contribution is 2.30. The second kappa shape index (κ2) is 6.69. The first kappa shape index (κ1) is 14.8. The third kappa shape index (κ3) is 3.47. The van der Waals surface area contributed by atoms with Crippen LogP contribution in [-0.4, -0.2) is 7.05 Å². The van der Waals surface area contributed by atoms with Crippen molar-refractivity contribution in [2.75, 3.05) is 7.05 Å². The maximum atomic E-state index is 3.64. The van der Waals surface area contributed by atoms with Crippen molar-refractivity contribution in [3.63, 3.8) is 0 Å². The zero-order valence-corrected chi connectivity index (χ0v) is 14.3. The molecule has 0 aliphatic heterocycles. The summed E-state index contributed by atoms with van der Waals surface area (Å²) in [4.78, 5) is 0. The summed E-state index contributed by atoms with van der Waals surface area (Å²) in [5, 5.41) is 3.39. The molecule has 1 atom stereocenters. The van der Waals surface area contributed by atoms with Crippen molar-refractivity contribution in [2.24, 2.45) is 0 Å². The highest BCUT2D eigenvalue weighted by molar-refractivity contribution is 9.11. The van der Waals surface area contributed by atoms with Crippen molar-refractivity contribution in [2.45, 2.75) is 19.4 Å². The third-order valence-electron chi connectivity index (χ3n) is 3.28. The van der Waals surface area contributed by atoms with Crippen molar-refractivity contribution in [3.05, 3.63) is 68.1 Å². The SMILES string of the molecule is CCc1ccc(C(NC)c2ccc(Br)cc2Br)cc1. The minimum Gasteiger partial charge on any atom is -0.309 e. The Morgan fingerprint density at radius 2 is 1.74 bits per heavy atom. The van der Waals surface area contributed by atoms with Crippen LogP contribution in [0.4, 0.5) is 0 Å². The summed E-state index contributed by atoms with van der Waals surface area (Å²) in [6.45, 7) is 2.18. The van der Waals surface area contributed by atoms with Gasteiger partial charge in [-0.05, 0) is 42.3 Å². The number of hydrogen-bond acceptors (Lipinski definition) is 1. The second-order valence-electron chi connectivity index (χ2n) is 4.48. The Hall–Kier alpha value is -0.640. The summed E-state index contributed by atoms with van der Waals surface area (Å²) >= 11 is 7.14. The fourth-order valence-electron chi connectivity index (χ4n) is 2.18. The second-order valence-corrected chi connectivity index (χ2v) is 6.25. The molecule has 0 radical (unpaired) electrons. The average molecular weight is 383 g/mol. The van der Waals surface area contributed by atoms with Gasteiger partial charge in [0.05, 0.1) is 6.04 Å². The minimum atomic E-state index is 0.202. The number of aryl methyl sites for hydroxylation is 1. The van der Waals surface area contributed by atoms with Gasteiger partial charge in [0.2, 0.25) is 0 Å². The van der Waals surface area contributed by atoms with Gasteiger partial charge in [0.15, 0.2) is 0 Å². The molecule has 100 valence electrons. The maximum Gasteiger partial charge on any atom is 0.0585 e. The molecule has 2 aromatic carbocycles. The van der Waals surface area contributed by atoms with Gasteiger partial charge in [-0.1, -0.05) is 69.1 Å². The molecule has 3 heteroatoms. The van der Waals surface area contributed by atoms with E-state index >= 15 is 0 Å². The Morgan fingerprint density at radius 1 is 1.05 bits per heavy atom. The molecule has 0 saturated carbocycles. The molecule has 0 saturated heterocycles. The molecular formula is C16H17Br2N. The van der Waals surface area contributed by atoms with Crippen LogP contribution in [0.2, 0.25) is 0 Å². The fraction of sp³-hybridized carbons (Fsp3) is 0.250. The van der Waals surface area contributed by atoms with Gasteiger partial charge >= 0.3 is 0 Å². The van der Waals surface area contributed by atoms with E-state index in [4.69, 9.17) is 0 Å². The van der Waals surface area contributed by atoms with E-state index < -0.39 is 0 Å². The van der Waals surface area contributed by atoms with E-state index in [-0.39, 0.29) is 6.04 Å². The number of hydrogen-bond donors (Lipinski definition) is 1. The summed E-state index contributed by atoms with van der Waals surface area (Å²) in [7, 11) is 1.99. The van der Waals surface area contributed by atoms with E-state index in [1.54, 1.807) is 0 Å². The Balaban J connectivity index is 2.37. The lowest BCUT2D eigenvalue weighted by molar-refractivity contribution is 0.688. The predicted molar refractivity (Wildman–Crippen MR) is 88.6 cm³/mol. The normalized spacial score (nSPS) is 12.4. The first-order valence-electron chi connectivity index (χ1n) is 6.36. The molecule has 2 aromatic rings. The highest BCUT2D eigenvalue weighted by Gasteiger charge is 2.14. The Morgan fingerprint density at radius 3 is 2.26 bits per heavy atom. The van der Waals surface area contributed by atoms with E-state index in [1.807, 2.05) is 7.05 Å². The molecule has 0 aromatic heterocycles. The quantitative estimate of drug-likeness (QED) is 0.777. The highest BCUT2D eigenvalue weighted by atomic mass is 79.9. The van der Waals surface area contributed by atoms with Crippen LogP contribution in [-0.2, 0) is 6.42 Å². The zero-order chi connectivity index (χ0) is 13.8. The first-order valence-corrected chi connectivity index (χ1v) is 7.95. The number of halogens is 2. The molecule has 0 spiro atoms. The third-order valence-corrected chi connectivity index (χ3v) is 4.46. The fourth-order valence-corrected chi connectivity index (χ4v) is 3.46. The van der Waals surface area contributed by atoms with E-state index in [0.29, 0.717) is 0 Å². The van der Waals surface area contributed by atoms with Crippen LogP contribution < -0.4 is 5.32 Å². The van der Waals surface area contributed by atoms with Crippen molar-refractivity contribution in [1.29, 1.82) is 0 Å². The lowest BCUT2D eigenvalue weighted by atomic mass is 9.97. The molecule has 2 rings (SSSR count). The molecule has 19 heavy (non-hydrogen) atoms. The van der Waals surface area contributed by atoms with Crippen molar-refractivity contribution >= 4 is 31.9 Å². The molecular weight excluding hydrogens is 366 g/mol. The van der Waals surface area contributed by atoms with Crippen LogP contribution in [0.15, 0.2) is 51.4 Å². The summed E-state index contributed by atoms with van der Waals surface area (Å²) in [6.07, 6.45) is 1.08. The monoisotopic (exact) mass is 381 g/mol. The van der Waals surface area contributed by atoms with Crippen molar-refractivity contribution in [3.8, 4) is 0 Å². The zero-order valence-electron chi connectivity index (χ0n) is 11.1. The summed E-state index contributed by atoms with van der Waals surface area (Å²) in [6, 6.07) is 15.3. The van der Waals surface area contributed by atoms with Crippen LogP contribution in [0.25, 0.3) is 0 Å². The molecule has 1 unspecified atom stereocenters. The van der Waals surface area contributed by atoms with Gasteiger partial charge in [-0.2, -0.15) is 0 Å². The predicted octanol–water partition coefficient (Wildman–Crippen LogP) is 5.08. The van der Waals surface area contributed by atoms with Gasteiger partial charge in [0.1, 0.15) is 0 Å². The van der Waals surface area contributed by atoms with Gasteiger partial charge in [-0.3, -0.25) is 0 Å². The summed E-state index contributed by atoms with van der Waals surface area (Å²) < 4.78 is 2.19. The maximum absolute atomic E-state index is 3.64. The van der Waals surface area contributed by atoms with Crippen LogP contribution in [0, 0.1) is 0 Å². The molecule has 0 amide bonds. The largest absolute Gasteiger partial charge is 0.309 e. The summed E-state index contributed by atoms with van der Waals surface area (Å²) in [5.41, 5.74) is 3.89. The van der Waals surface area contributed by atoms with Crippen molar-refractivity contribution in [1.82, 2.24) is 5.32 Å². The van der Waals surface area contributed by atoms with Gasteiger partial charge in [0, 0.05) is 8.95 Å². The van der Waals surface area contributed by atoms with Gasteiger partial charge < -0.3 is 5.32 Å². The van der Waals surface area contributed by atoms with Gasteiger partial charge in [-0.25, -0.2) is 0 Å². The van der Waals surface area contributed by atoms with Gasteiger partial charge in [0.25, 0.3) is 0 Å². The minimum absolute atomic E-state index is 0.202. The van der Waals surface area contributed by atoms with Gasteiger partial charge in [-0.15, -0.1) is 0 Å². The van der Waals surface area contributed by atoms with E-state index in [9.17, 15) is 0 Å². The average Bonchev–Trinajstić information content (AvgIpc) is 2.42. The molecule has 0 heterocycles. The smallest absolute Gasteiger partial charge is 0.0585 e. The van der Waals surface area contributed by atoms with Crippen LogP contribution in [0.5, 0.6) is 0 Å². The first-order chi connectivity index (χ1) is 9.15. The van der Waals surface area contributed by atoms with Crippen LogP contribution >= 0.6 is 31.9 Å². The lowest BCUT2D eigenvalue weighted by Crippen LogP contribution is -2.18. The van der Waals surface area contributed by atoms with Crippen LogP contribution in [0.3, 0.4) is 0 Å². The Kier molecular flexibility index (Phi) is 5.20. The molecule has 0 aliphatic carbocycles. The van der Waals surface area contributed by atoms with Crippen molar-refractivity contribution < 1.29 is 0 Å². The Labute approximate surface area is 131 Å². The molecule has 0 fully saturated rings. The van der Waals surface area contributed by atoms with E-state index in [1.165, 1.54) is 16.7 Å². The topological polar surface area (TPSA) is 12.0 Å². The molecule has 1 N–H and O–H groups in total. The van der Waals surface area contributed by atoms with E-state index in [2.05, 4.69) is 86.6 Å². The molecule has 0 aliphatic rings. The molecule has 1 nitrogen and oxygen atoms in total. The number of nitrogens with one attached hydrogen (secondary N) is 1. The number of rotatable bonds is 4. The van der Waals surface area contributed by atoms with Crippen LogP contribution in [0.1, 0.15) is 29.7 Å².